The molecule has 2 N–H and O–H groups in total. The van der Waals surface area contributed by atoms with Gasteiger partial charge in [-0.25, -0.2) is 5.43 Å². The maximum atomic E-state index is 11.6. The summed E-state index contributed by atoms with van der Waals surface area (Å²) in [4.78, 5) is 15.4. The fraction of sp³-hybridized carbons (Fsp3) is 0.417. The minimum atomic E-state index is -0.824. The Kier molecular flexibility index (Phi) is 4.34. The topological polar surface area (TPSA) is 74.6 Å². The summed E-state index contributed by atoms with van der Waals surface area (Å²) in [5, 5.41) is 13.5. The van der Waals surface area contributed by atoms with Gasteiger partial charge in [0.1, 0.15) is 0 Å². The zero-order chi connectivity index (χ0) is 12.9. The molecule has 5 heteroatoms. The maximum absolute atomic E-state index is 11.6. The number of pyridine rings is 1. The number of nitrogens with one attached hydrogen (secondary N) is 1. The van der Waals surface area contributed by atoms with Gasteiger partial charge in [-0.2, -0.15) is 5.10 Å². The molecule has 0 aliphatic heterocycles. The van der Waals surface area contributed by atoms with E-state index in [1.807, 2.05) is 0 Å². The summed E-state index contributed by atoms with van der Waals surface area (Å²) < 4.78 is 0. The molecule has 1 rings (SSSR count). The highest BCUT2D eigenvalue weighted by molar-refractivity contribution is 5.95. The lowest BCUT2D eigenvalue weighted by Gasteiger charge is -2.16. The van der Waals surface area contributed by atoms with Crippen molar-refractivity contribution in [2.24, 2.45) is 5.10 Å². The van der Waals surface area contributed by atoms with Crippen LogP contribution < -0.4 is 5.43 Å². The Balaban J connectivity index is 2.56. The third-order valence-corrected chi connectivity index (χ3v) is 1.98. The summed E-state index contributed by atoms with van der Waals surface area (Å²) >= 11 is 0. The number of hydrogen-bond donors (Lipinski definition) is 2. The van der Waals surface area contributed by atoms with Gasteiger partial charge in [0.15, 0.2) is 0 Å². The van der Waals surface area contributed by atoms with Gasteiger partial charge in [0.05, 0.1) is 5.60 Å². The molecule has 0 fully saturated rings. The number of carbonyl (C=O) groups excluding carboxylic acids is 1. The second-order valence-electron chi connectivity index (χ2n) is 4.51. The number of aliphatic hydroxyl groups is 1. The van der Waals surface area contributed by atoms with Crippen molar-refractivity contribution >= 4 is 11.6 Å². The van der Waals surface area contributed by atoms with Gasteiger partial charge in [-0.3, -0.25) is 9.78 Å². The molecular weight excluding hydrogens is 218 g/mol. The Morgan fingerprint density at radius 2 is 2.06 bits per heavy atom. The van der Waals surface area contributed by atoms with Crippen LogP contribution in [-0.2, 0) is 0 Å². The molecule has 1 aromatic rings. The van der Waals surface area contributed by atoms with Crippen molar-refractivity contribution < 1.29 is 9.90 Å². The van der Waals surface area contributed by atoms with Crippen molar-refractivity contribution in [1.29, 1.82) is 0 Å². The van der Waals surface area contributed by atoms with E-state index in [1.54, 1.807) is 45.3 Å². The molecule has 1 aromatic heterocycles. The highest BCUT2D eigenvalue weighted by Gasteiger charge is 2.14. The highest BCUT2D eigenvalue weighted by atomic mass is 16.3. The molecule has 0 aliphatic rings. The van der Waals surface area contributed by atoms with E-state index < -0.39 is 5.60 Å². The number of hydrogen-bond acceptors (Lipinski definition) is 4. The van der Waals surface area contributed by atoms with Crippen LogP contribution in [0.4, 0.5) is 0 Å². The monoisotopic (exact) mass is 235 g/mol. The van der Waals surface area contributed by atoms with Gasteiger partial charge in [0, 0.05) is 30.1 Å². The second-order valence-corrected chi connectivity index (χ2v) is 4.51. The molecule has 5 nitrogen and oxygen atoms in total. The maximum Gasteiger partial charge on any atom is 0.271 e. The summed E-state index contributed by atoms with van der Waals surface area (Å²) in [6, 6.07) is 3.21. The summed E-state index contributed by atoms with van der Waals surface area (Å²) in [5.41, 5.74) is 2.77. The summed E-state index contributed by atoms with van der Waals surface area (Å²) in [6.07, 6.45) is 3.49. The Bertz CT molecular complexity index is 408. The third kappa shape index (κ3) is 5.21. The fourth-order valence-electron chi connectivity index (χ4n) is 1.38. The molecule has 0 saturated carbocycles. The first-order chi connectivity index (χ1) is 7.88. The second kappa shape index (κ2) is 5.54. The summed E-state index contributed by atoms with van der Waals surface area (Å²) in [5.74, 6) is -0.289. The number of amides is 1. The molecular formula is C12H17N3O2. The van der Waals surface area contributed by atoms with Gasteiger partial charge in [-0.15, -0.1) is 0 Å². The van der Waals surface area contributed by atoms with E-state index in [4.69, 9.17) is 0 Å². The molecule has 0 aliphatic carbocycles. The standard InChI is InChI=1S/C12H17N3O2/c1-9(8-12(2,3)17)14-15-11(16)10-4-6-13-7-5-10/h4-7,17H,8H2,1-3H3,(H,15,16)/b14-9+. The minimum Gasteiger partial charge on any atom is -0.390 e. The van der Waals surface area contributed by atoms with Crippen LogP contribution in [0.2, 0.25) is 0 Å². The predicted molar refractivity (Wildman–Crippen MR) is 65.7 cm³/mol. The number of rotatable bonds is 4. The first-order valence-electron chi connectivity index (χ1n) is 5.34. The fourth-order valence-corrected chi connectivity index (χ4v) is 1.38. The lowest BCUT2D eigenvalue weighted by Crippen LogP contribution is -2.25. The van der Waals surface area contributed by atoms with E-state index in [2.05, 4.69) is 15.5 Å². The molecule has 0 radical (unpaired) electrons. The Hall–Kier alpha value is -1.75. The van der Waals surface area contributed by atoms with Gasteiger partial charge < -0.3 is 5.11 Å². The van der Waals surface area contributed by atoms with E-state index >= 15 is 0 Å². The first kappa shape index (κ1) is 13.3. The Morgan fingerprint density at radius 1 is 1.47 bits per heavy atom. The van der Waals surface area contributed by atoms with Gasteiger partial charge in [-0.05, 0) is 32.9 Å². The van der Waals surface area contributed by atoms with Gasteiger partial charge in [0.25, 0.3) is 5.91 Å². The van der Waals surface area contributed by atoms with E-state index in [0.29, 0.717) is 17.7 Å². The lowest BCUT2D eigenvalue weighted by molar-refractivity contribution is 0.0875. The third-order valence-electron chi connectivity index (χ3n) is 1.98. The lowest BCUT2D eigenvalue weighted by atomic mass is 10.0. The van der Waals surface area contributed by atoms with Crippen molar-refractivity contribution in [3.63, 3.8) is 0 Å². The number of carbonyl (C=O) groups is 1. The van der Waals surface area contributed by atoms with Gasteiger partial charge >= 0.3 is 0 Å². The minimum absolute atomic E-state index is 0.289. The van der Waals surface area contributed by atoms with Crippen LogP contribution in [0.1, 0.15) is 37.6 Å². The van der Waals surface area contributed by atoms with Crippen molar-refractivity contribution in [2.45, 2.75) is 32.8 Å². The number of hydrazone groups is 1. The predicted octanol–water partition coefficient (Wildman–Crippen LogP) is 1.35. The van der Waals surface area contributed by atoms with Crippen molar-refractivity contribution in [3.8, 4) is 0 Å². The molecule has 0 unspecified atom stereocenters. The normalized spacial score (nSPS) is 12.4. The van der Waals surface area contributed by atoms with Crippen molar-refractivity contribution in [1.82, 2.24) is 10.4 Å². The molecule has 17 heavy (non-hydrogen) atoms. The Labute approximate surface area is 101 Å². The van der Waals surface area contributed by atoms with E-state index in [1.165, 1.54) is 0 Å². The van der Waals surface area contributed by atoms with E-state index in [9.17, 15) is 9.90 Å². The van der Waals surface area contributed by atoms with Gasteiger partial charge in [-0.1, -0.05) is 0 Å². The zero-order valence-corrected chi connectivity index (χ0v) is 10.3. The van der Waals surface area contributed by atoms with E-state index in [0.717, 1.165) is 0 Å². The van der Waals surface area contributed by atoms with Crippen LogP contribution >= 0.6 is 0 Å². The average molecular weight is 235 g/mol. The van der Waals surface area contributed by atoms with Crippen LogP contribution in [0.15, 0.2) is 29.6 Å². The molecule has 92 valence electrons. The summed E-state index contributed by atoms with van der Waals surface area (Å²) in [6.45, 7) is 5.14. The molecule has 0 spiro atoms. The first-order valence-corrected chi connectivity index (χ1v) is 5.34. The zero-order valence-electron chi connectivity index (χ0n) is 10.3. The number of aromatic nitrogens is 1. The van der Waals surface area contributed by atoms with Crippen LogP contribution in [0.25, 0.3) is 0 Å². The highest BCUT2D eigenvalue weighted by Crippen LogP contribution is 2.07. The quantitative estimate of drug-likeness (QED) is 0.611. The molecule has 0 saturated heterocycles. The van der Waals surface area contributed by atoms with E-state index in [-0.39, 0.29) is 5.91 Å². The van der Waals surface area contributed by atoms with Crippen LogP contribution in [0.5, 0.6) is 0 Å². The number of nitrogens with zero attached hydrogens (tertiary/aromatic N) is 2. The van der Waals surface area contributed by atoms with Crippen LogP contribution in [-0.4, -0.2) is 27.3 Å². The smallest absolute Gasteiger partial charge is 0.271 e. The van der Waals surface area contributed by atoms with Crippen LogP contribution in [0.3, 0.4) is 0 Å². The van der Waals surface area contributed by atoms with Gasteiger partial charge in [0.2, 0.25) is 0 Å². The largest absolute Gasteiger partial charge is 0.390 e. The van der Waals surface area contributed by atoms with Crippen molar-refractivity contribution in [2.75, 3.05) is 0 Å². The van der Waals surface area contributed by atoms with Crippen LogP contribution in [0, 0.1) is 0 Å². The summed E-state index contributed by atoms with van der Waals surface area (Å²) in [7, 11) is 0. The molecule has 0 atom stereocenters. The average Bonchev–Trinajstić information content (AvgIpc) is 2.25. The molecule has 0 aromatic carbocycles. The Morgan fingerprint density at radius 3 is 2.59 bits per heavy atom. The SMILES string of the molecule is C/C(CC(C)(C)O)=N\NC(=O)c1ccncc1. The molecule has 0 bridgehead atoms. The van der Waals surface area contributed by atoms with Crippen molar-refractivity contribution in [3.05, 3.63) is 30.1 Å². The molecule has 1 amide bonds. The molecule has 1 heterocycles.